The fourth-order valence-corrected chi connectivity index (χ4v) is 3.50. The van der Waals surface area contributed by atoms with E-state index >= 15 is 0 Å². The van der Waals surface area contributed by atoms with Crippen LogP contribution in [0.5, 0.6) is 0 Å². The van der Waals surface area contributed by atoms with Gasteiger partial charge in [0.15, 0.2) is 10.8 Å². The molecule has 1 aliphatic heterocycles. The van der Waals surface area contributed by atoms with E-state index in [9.17, 15) is 4.79 Å². The van der Waals surface area contributed by atoms with E-state index < -0.39 is 11.5 Å². The Morgan fingerprint density at radius 3 is 2.62 bits per heavy atom. The van der Waals surface area contributed by atoms with Crippen molar-refractivity contribution in [3.63, 3.8) is 0 Å². The highest BCUT2D eigenvalue weighted by molar-refractivity contribution is 7.11. The molecule has 1 unspecified atom stereocenters. The number of benzene rings is 1. The van der Waals surface area contributed by atoms with Crippen molar-refractivity contribution in [2.75, 3.05) is 7.11 Å². The minimum Gasteiger partial charge on any atom is -0.466 e. The van der Waals surface area contributed by atoms with E-state index in [1.165, 1.54) is 18.4 Å². The molecule has 1 aromatic carbocycles. The van der Waals surface area contributed by atoms with Crippen LogP contribution in [0, 0.1) is 0 Å². The summed E-state index contributed by atoms with van der Waals surface area (Å²) in [5.74, 6) is 0.215. The van der Waals surface area contributed by atoms with Gasteiger partial charge in [-0.25, -0.2) is 14.8 Å². The number of hydrogen-bond acceptors (Lipinski definition) is 6. The lowest BCUT2D eigenvalue weighted by Gasteiger charge is -2.34. The zero-order valence-electron chi connectivity index (χ0n) is 13.5. The van der Waals surface area contributed by atoms with Gasteiger partial charge in [0.25, 0.3) is 0 Å². The third kappa shape index (κ3) is 2.83. The van der Waals surface area contributed by atoms with E-state index in [-0.39, 0.29) is 0 Å². The van der Waals surface area contributed by atoms with Crippen LogP contribution in [0.3, 0.4) is 0 Å². The zero-order chi connectivity index (χ0) is 17.3. The maximum absolute atomic E-state index is 12.4. The number of amidine groups is 1. The maximum Gasteiger partial charge on any atom is 0.338 e. The van der Waals surface area contributed by atoms with Gasteiger partial charge >= 0.3 is 5.97 Å². The summed E-state index contributed by atoms with van der Waals surface area (Å²) in [5, 5.41) is 6.44. The van der Waals surface area contributed by atoms with Crippen molar-refractivity contribution in [1.82, 2.24) is 10.3 Å². The van der Waals surface area contributed by atoms with E-state index in [4.69, 9.17) is 21.3 Å². The second-order valence-corrected chi connectivity index (χ2v) is 6.82. The number of carbonyl (C=O) groups excluding carboxylic acids is 1. The minimum absolute atomic E-state index is 0.417. The first-order valence-corrected chi connectivity index (χ1v) is 8.54. The van der Waals surface area contributed by atoms with Gasteiger partial charge in [-0.2, -0.15) is 0 Å². The molecule has 0 radical (unpaired) electrons. The fourth-order valence-electron chi connectivity index (χ4n) is 2.79. The molecule has 3 rings (SSSR count). The molecule has 7 heteroatoms. The molecular formula is C17H16ClN3O2S. The van der Waals surface area contributed by atoms with Gasteiger partial charge in [0.05, 0.1) is 12.7 Å². The van der Waals surface area contributed by atoms with Gasteiger partial charge in [-0.1, -0.05) is 23.7 Å². The van der Waals surface area contributed by atoms with Crippen LogP contribution in [-0.4, -0.2) is 23.9 Å². The van der Waals surface area contributed by atoms with Gasteiger partial charge in [0.1, 0.15) is 5.54 Å². The summed E-state index contributed by atoms with van der Waals surface area (Å²) < 4.78 is 4.98. The number of thiazole rings is 1. The van der Waals surface area contributed by atoms with Crippen LogP contribution in [-0.2, 0) is 15.1 Å². The van der Waals surface area contributed by atoms with Gasteiger partial charge < -0.3 is 10.1 Å². The molecule has 0 spiro atoms. The number of hydrogen-bond donors (Lipinski definition) is 1. The predicted molar refractivity (Wildman–Crippen MR) is 95.3 cm³/mol. The quantitative estimate of drug-likeness (QED) is 0.850. The lowest BCUT2D eigenvalue weighted by Crippen LogP contribution is -2.40. The molecule has 0 bridgehead atoms. The highest BCUT2D eigenvalue weighted by Crippen LogP contribution is 2.39. The molecule has 1 aromatic heterocycles. The Hall–Kier alpha value is -2.18. The number of carbonyl (C=O) groups is 1. The number of allylic oxidation sites excluding steroid dienone is 1. The Balaban J connectivity index is 2.19. The third-order valence-electron chi connectivity index (χ3n) is 3.93. The Kier molecular flexibility index (Phi) is 4.43. The van der Waals surface area contributed by atoms with Crippen LogP contribution < -0.4 is 5.32 Å². The second-order valence-electron chi connectivity index (χ2n) is 5.49. The average molecular weight is 362 g/mol. The Labute approximate surface area is 149 Å². The SMILES string of the molecule is COC(=O)C1=C(C)NC(c2nccs2)=NC1(C)c1ccc(Cl)cc1. The summed E-state index contributed by atoms with van der Waals surface area (Å²) in [6, 6.07) is 7.31. The average Bonchev–Trinajstić information content (AvgIpc) is 3.09. The number of esters is 1. The lowest BCUT2D eigenvalue weighted by atomic mass is 9.82. The van der Waals surface area contributed by atoms with Crippen molar-refractivity contribution in [2.45, 2.75) is 19.4 Å². The highest BCUT2D eigenvalue weighted by Gasteiger charge is 2.41. The van der Waals surface area contributed by atoms with Crippen LogP contribution in [0.1, 0.15) is 24.4 Å². The largest absolute Gasteiger partial charge is 0.466 e. The summed E-state index contributed by atoms with van der Waals surface area (Å²) in [6.07, 6.45) is 1.72. The van der Waals surface area contributed by atoms with Crippen molar-refractivity contribution in [1.29, 1.82) is 0 Å². The van der Waals surface area contributed by atoms with Gasteiger partial charge in [-0.3, -0.25) is 0 Å². The standard InChI is InChI=1S/C17H16ClN3O2S/c1-10-13(16(22)23-3)17(2,11-4-6-12(18)7-5-11)21-14(20-10)15-19-8-9-24-15/h4-9H,1-3H3,(H,20,21). The summed E-state index contributed by atoms with van der Waals surface area (Å²) in [7, 11) is 1.37. The molecule has 0 saturated heterocycles. The molecule has 0 fully saturated rings. The Morgan fingerprint density at radius 1 is 1.33 bits per heavy atom. The number of rotatable bonds is 3. The van der Waals surface area contributed by atoms with Gasteiger partial charge in [0.2, 0.25) is 0 Å². The number of ether oxygens (including phenoxy) is 1. The minimum atomic E-state index is -0.895. The van der Waals surface area contributed by atoms with E-state index in [1.807, 2.05) is 31.4 Å². The molecule has 1 atom stereocenters. The molecule has 0 amide bonds. The molecule has 124 valence electrons. The molecule has 0 aliphatic carbocycles. The summed E-state index contributed by atoms with van der Waals surface area (Å²) in [4.78, 5) is 21.5. The van der Waals surface area contributed by atoms with Gasteiger partial charge in [-0.15, -0.1) is 11.3 Å². The van der Waals surface area contributed by atoms with Crippen molar-refractivity contribution < 1.29 is 9.53 Å². The lowest BCUT2D eigenvalue weighted by molar-refractivity contribution is -0.137. The number of nitrogens with one attached hydrogen (secondary N) is 1. The first-order valence-electron chi connectivity index (χ1n) is 7.28. The maximum atomic E-state index is 12.4. The van der Waals surface area contributed by atoms with E-state index in [0.29, 0.717) is 22.1 Å². The van der Waals surface area contributed by atoms with E-state index in [2.05, 4.69) is 10.3 Å². The molecular weight excluding hydrogens is 346 g/mol. The number of aliphatic imine (C=N–C) groups is 1. The topological polar surface area (TPSA) is 63.6 Å². The summed E-state index contributed by atoms with van der Waals surface area (Å²) in [6.45, 7) is 3.73. The van der Waals surface area contributed by atoms with Gasteiger partial charge in [-0.05, 0) is 31.5 Å². The van der Waals surface area contributed by atoms with Crippen LogP contribution in [0.4, 0.5) is 0 Å². The molecule has 5 nitrogen and oxygen atoms in total. The van der Waals surface area contributed by atoms with Crippen molar-refractivity contribution in [2.24, 2.45) is 4.99 Å². The van der Waals surface area contributed by atoms with Crippen LogP contribution in [0.2, 0.25) is 5.02 Å². The molecule has 1 N–H and O–H groups in total. The van der Waals surface area contributed by atoms with Gasteiger partial charge in [0, 0.05) is 22.3 Å². The van der Waals surface area contributed by atoms with Crippen molar-refractivity contribution in [3.05, 3.63) is 62.7 Å². The number of methoxy groups -OCH3 is 1. The summed E-state index contributed by atoms with van der Waals surface area (Å²) in [5.41, 5.74) is 1.11. The Bertz CT molecular complexity index is 828. The number of aromatic nitrogens is 1. The normalized spacial score (nSPS) is 20.4. The van der Waals surface area contributed by atoms with E-state index in [1.54, 1.807) is 18.3 Å². The molecule has 24 heavy (non-hydrogen) atoms. The van der Waals surface area contributed by atoms with Crippen LogP contribution in [0.15, 0.2) is 52.1 Å². The third-order valence-corrected chi connectivity index (χ3v) is 4.97. The number of nitrogens with zero attached hydrogens (tertiary/aromatic N) is 2. The monoisotopic (exact) mass is 361 g/mol. The molecule has 2 heterocycles. The van der Waals surface area contributed by atoms with Crippen LogP contribution >= 0.6 is 22.9 Å². The van der Waals surface area contributed by atoms with Crippen molar-refractivity contribution in [3.8, 4) is 0 Å². The fraction of sp³-hybridized carbons (Fsp3) is 0.235. The first-order chi connectivity index (χ1) is 11.5. The summed E-state index contributed by atoms with van der Waals surface area (Å²) >= 11 is 7.48. The van der Waals surface area contributed by atoms with Crippen LogP contribution in [0.25, 0.3) is 0 Å². The highest BCUT2D eigenvalue weighted by atomic mass is 35.5. The second kappa shape index (κ2) is 6.37. The Morgan fingerprint density at radius 2 is 2.04 bits per heavy atom. The number of halogens is 1. The molecule has 1 aliphatic rings. The van der Waals surface area contributed by atoms with E-state index in [0.717, 1.165) is 10.6 Å². The van der Waals surface area contributed by atoms with Crippen molar-refractivity contribution >= 4 is 34.7 Å². The smallest absolute Gasteiger partial charge is 0.338 e. The molecule has 2 aromatic rings. The predicted octanol–water partition coefficient (Wildman–Crippen LogP) is 3.51. The zero-order valence-corrected chi connectivity index (χ0v) is 15.0. The molecule has 0 saturated carbocycles. The first kappa shape index (κ1) is 16.7.